The van der Waals surface area contributed by atoms with Crippen LogP contribution in [0.4, 0.5) is 4.79 Å². The molecule has 0 aromatic heterocycles. The van der Waals surface area contributed by atoms with E-state index in [9.17, 15) is 4.79 Å². The number of hydrogen-bond acceptors (Lipinski definition) is 4. The molecular weight excluding hydrogens is 244 g/mol. The molecule has 0 aromatic rings. The molecule has 19 heavy (non-hydrogen) atoms. The van der Waals surface area contributed by atoms with Crippen LogP contribution in [-0.4, -0.2) is 55.0 Å². The van der Waals surface area contributed by atoms with Crippen molar-refractivity contribution in [2.75, 3.05) is 26.2 Å². The molecule has 0 radical (unpaired) electrons. The van der Waals surface area contributed by atoms with Crippen molar-refractivity contribution < 1.29 is 14.3 Å². The largest absolute Gasteiger partial charge is 0.444 e. The van der Waals surface area contributed by atoms with E-state index in [1.165, 1.54) is 0 Å². The highest BCUT2D eigenvalue weighted by atomic mass is 16.6. The van der Waals surface area contributed by atoms with E-state index in [1.54, 1.807) is 4.90 Å². The normalized spacial score (nSPS) is 28.3. The Labute approximate surface area is 115 Å². The van der Waals surface area contributed by atoms with Crippen LogP contribution in [0.2, 0.25) is 0 Å². The first-order valence-electron chi connectivity index (χ1n) is 7.18. The van der Waals surface area contributed by atoms with Crippen LogP contribution in [0.3, 0.4) is 0 Å². The fourth-order valence-corrected chi connectivity index (χ4v) is 2.45. The molecule has 110 valence electrons. The quantitative estimate of drug-likeness (QED) is 0.846. The molecule has 2 fully saturated rings. The number of likely N-dealkylation sites (tertiary alicyclic amines) is 1. The molecule has 2 aliphatic heterocycles. The highest BCUT2D eigenvalue weighted by Gasteiger charge is 2.34. The molecule has 2 unspecified atom stereocenters. The molecule has 5 nitrogen and oxygen atoms in total. The molecule has 0 aliphatic carbocycles. The monoisotopic (exact) mass is 270 g/mol. The van der Waals surface area contributed by atoms with E-state index in [0.29, 0.717) is 18.1 Å². The Morgan fingerprint density at radius 2 is 2.11 bits per heavy atom. The summed E-state index contributed by atoms with van der Waals surface area (Å²) in [5.41, 5.74) is -0.410. The Kier molecular flexibility index (Phi) is 4.36. The van der Waals surface area contributed by atoms with Gasteiger partial charge in [0.2, 0.25) is 0 Å². The topological polar surface area (TPSA) is 50.8 Å². The van der Waals surface area contributed by atoms with Gasteiger partial charge in [-0.2, -0.15) is 0 Å². The summed E-state index contributed by atoms with van der Waals surface area (Å²) in [6, 6.07) is 0.403. The minimum absolute atomic E-state index is 0.205. The van der Waals surface area contributed by atoms with Crippen LogP contribution in [0.5, 0.6) is 0 Å². The molecule has 1 N–H and O–H groups in total. The van der Waals surface area contributed by atoms with Crippen molar-refractivity contribution in [3.63, 3.8) is 0 Å². The Morgan fingerprint density at radius 3 is 2.63 bits per heavy atom. The predicted octanol–water partition coefficient (Wildman–Crippen LogP) is 1.62. The molecule has 1 amide bonds. The molecule has 2 saturated heterocycles. The lowest BCUT2D eigenvalue weighted by Crippen LogP contribution is -2.61. The van der Waals surface area contributed by atoms with Gasteiger partial charge in [-0.25, -0.2) is 4.79 Å². The highest BCUT2D eigenvalue weighted by molar-refractivity contribution is 5.69. The average Bonchev–Trinajstić information content (AvgIpc) is 2.59. The van der Waals surface area contributed by atoms with Gasteiger partial charge in [0.25, 0.3) is 0 Å². The van der Waals surface area contributed by atoms with Crippen molar-refractivity contribution in [2.24, 2.45) is 5.92 Å². The third kappa shape index (κ3) is 4.08. The summed E-state index contributed by atoms with van der Waals surface area (Å²) in [7, 11) is 0. The highest BCUT2D eigenvalue weighted by Crippen LogP contribution is 2.20. The minimum Gasteiger partial charge on any atom is -0.444 e. The summed E-state index contributed by atoms with van der Waals surface area (Å²) in [6.07, 6.45) is 1.29. The number of hydrogen-bond donors (Lipinski definition) is 1. The van der Waals surface area contributed by atoms with Gasteiger partial charge in [0.05, 0.1) is 6.10 Å². The summed E-state index contributed by atoms with van der Waals surface area (Å²) >= 11 is 0. The molecule has 2 atom stereocenters. The minimum atomic E-state index is -0.410. The van der Waals surface area contributed by atoms with Crippen molar-refractivity contribution >= 4 is 6.09 Å². The second kappa shape index (κ2) is 5.67. The molecule has 0 bridgehead atoms. The SMILES string of the molecule is CC1OCCC1CNC1CN(C(=O)OC(C)(C)C)C1. The van der Waals surface area contributed by atoms with Crippen LogP contribution in [0.25, 0.3) is 0 Å². The summed E-state index contributed by atoms with van der Waals surface area (Å²) in [6.45, 7) is 11.2. The van der Waals surface area contributed by atoms with E-state index >= 15 is 0 Å². The molecule has 0 aromatic carbocycles. The number of nitrogens with zero attached hydrogens (tertiary/aromatic N) is 1. The Balaban J connectivity index is 1.62. The first-order chi connectivity index (χ1) is 8.85. The van der Waals surface area contributed by atoms with E-state index in [0.717, 1.165) is 32.7 Å². The smallest absolute Gasteiger partial charge is 0.410 e. The predicted molar refractivity (Wildman–Crippen MR) is 73.1 cm³/mol. The lowest BCUT2D eigenvalue weighted by Gasteiger charge is -2.40. The van der Waals surface area contributed by atoms with Crippen molar-refractivity contribution in [3.05, 3.63) is 0 Å². The summed E-state index contributed by atoms with van der Waals surface area (Å²) < 4.78 is 10.9. The first kappa shape index (κ1) is 14.6. The van der Waals surface area contributed by atoms with Crippen LogP contribution >= 0.6 is 0 Å². The second-order valence-corrected chi connectivity index (χ2v) is 6.62. The van der Waals surface area contributed by atoms with Crippen LogP contribution in [-0.2, 0) is 9.47 Å². The van der Waals surface area contributed by atoms with Gasteiger partial charge in [0, 0.05) is 32.3 Å². The molecule has 2 aliphatic rings. The molecule has 2 rings (SSSR count). The van der Waals surface area contributed by atoms with Crippen LogP contribution < -0.4 is 5.32 Å². The van der Waals surface area contributed by atoms with E-state index < -0.39 is 5.60 Å². The van der Waals surface area contributed by atoms with Gasteiger partial charge in [-0.3, -0.25) is 0 Å². The maximum absolute atomic E-state index is 11.8. The van der Waals surface area contributed by atoms with Gasteiger partial charge in [-0.05, 0) is 40.0 Å². The summed E-state index contributed by atoms with van der Waals surface area (Å²) in [5, 5.41) is 3.51. The molecule has 0 spiro atoms. The summed E-state index contributed by atoms with van der Waals surface area (Å²) in [5.74, 6) is 0.607. The Hall–Kier alpha value is -0.810. The van der Waals surface area contributed by atoms with Gasteiger partial charge < -0.3 is 19.7 Å². The van der Waals surface area contributed by atoms with E-state index in [2.05, 4.69) is 12.2 Å². The number of nitrogens with one attached hydrogen (secondary N) is 1. The van der Waals surface area contributed by atoms with E-state index in [-0.39, 0.29) is 6.09 Å². The van der Waals surface area contributed by atoms with Crippen molar-refractivity contribution in [1.29, 1.82) is 0 Å². The van der Waals surface area contributed by atoms with Crippen LogP contribution in [0.1, 0.15) is 34.1 Å². The van der Waals surface area contributed by atoms with Crippen molar-refractivity contribution in [1.82, 2.24) is 10.2 Å². The maximum atomic E-state index is 11.8. The Morgan fingerprint density at radius 1 is 1.42 bits per heavy atom. The maximum Gasteiger partial charge on any atom is 0.410 e. The first-order valence-corrected chi connectivity index (χ1v) is 7.18. The van der Waals surface area contributed by atoms with Gasteiger partial charge >= 0.3 is 6.09 Å². The third-order valence-corrected chi connectivity index (χ3v) is 3.74. The number of amides is 1. The molecule has 0 saturated carbocycles. The van der Waals surface area contributed by atoms with Crippen LogP contribution in [0, 0.1) is 5.92 Å². The fraction of sp³-hybridized carbons (Fsp3) is 0.929. The number of ether oxygens (including phenoxy) is 2. The average molecular weight is 270 g/mol. The van der Waals surface area contributed by atoms with Gasteiger partial charge in [-0.15, -0.1) is 0 Å². The number of rotatable bonds is 3. The zero-order valence-electron chi connectivity index (χ0n) is 12.4. The fourth-order valence-electron chi connectivity index (χ4n) is 2.45. The van der Waals surface area contributed by atoms with E-state index in [4.69, 9.17) is 9.47 Å². The lowest BCUT2D eigenvalue weighted by molar-refractivity contribution is 0.00458. The zero-order valence-corrected chi connectivity index (χ0v) is 12.4. The van der Waals surface area contributed by atoms with Crippen molar-refractivity contribution in [3.8, 4) is 0 Å². The molecular formula is C14H26N2O3. The van der Waals surface area contributed by atoms with Gasteiger partial charge in [0.15, 0.2) is 0 Å². The van der Waals surface area contributed by atoms with Crippen molar-refractivity contribution in [2.45, 2.75) is 51.9 Å². The van der Waals surface area contributed by atoms with Gasteiger partial charge in [0.1, 0.15) is 5.60 Å². The second-order valence-electron chi connectivity index (χ2n) is 6.62. The Bertz CT molecular complexity index is 321. The number of carbonyl (C=O) groups excluding carboxylic acids is 1. The lowest BCUT2D eigenvalue weighted by atomic mass is 10.0. The standard InChI is InChI=1S/C14H26N2O3/c1-10-11(5-6-18-10)7-15-12-8-16(9-12)13(17)19-14(2,3)4/h10-12,15H,5-9H2,1-4H3. The van der Waals surface area contributed by atoms with Crippen LogP contribution in [0.15, 0.2) is 0 Å². The number of carbonyl (C=O) groups is 1. The summed E-state index contributed by atoms with van der Waals surface area (Å²) in [4.78, 5) is 13.5. The third-order valence-electron chi connectivity index (χ3n) is 3.74. The molecule has 5 heteroatoms. The zero-order chi connectivity index (χ0) is 14.0. The molecule has 2 heterocycles. The van der Waals surface area contributed by atoms with Gasteiger partial charge in [-0.1, -0.05) is 0 Å². The van der Waals surface area contributed by atoms with E-state index in [1.807, 2.05) is 20.8 Å².